The Bertz CT molecular complexity index is 539. The average molecular weight is 238 g/mol. The topological polar surface area (TPSA) is 0 Å². The fraction of sp³-hybridized carbons (Fsp3) is 0.333. The lowest BCUT2D eigenvalue weighted by Crippen LogP contribution is -1.92. The van der Waals surface area contributed by atoms with E-state index in [1.165, 1.54) is 33.4 Å². The quantitative estimate of drug-likeness (QED) is 0.657. The van der Waals surface area contributed by atoms with Gasteiger partial charge in [0.05, 0.1) is 0 Å². The van der Waals surface area contributed by atoms with E-state index in [2.05, 4.69) is 71.0 Å². The van der Waals surface area contributed by atoms with E-state index < -0.39 is 0 Å². The summed E-state index contributed by atoms with van der Waals surface area (Å²) in [5, 5.41) is 0. The molecule has 0 nitrogen and oxygen atoms in total. The van der Waals surface area contributed by atoms with Gasteiger partial charge in [-0.15, -0.1) is 0 Å². The molecule has 94 valence electrons. The molecule has 0 aliphatic rings. The molecule has 0 unspecified atom stereocenters. The summed E-state index contributed by atoms with van der Waals surface area (Å²) in [6.07, 6.45) is 0. The normalized spacial score (nSPS) is 11.0. The van der Waals surface area contributed by atoms with Crippen LogP contribution in [-0.2, 0) is 0 Å². The second-order valence-electron chi connectivity index (χ2n) is 5.55. The second kappa shape index (κ2) is 4.97. The summed E-state index contributed by atoms with van der Waals surface area (Å²) in [6, 6.07) is 13.5. The lowest BCUT2D eigenvalue weighted by Gasteiger charge is -2.14. The largest absolute Gasteiger partial charge is 0.0614 e. The van der Waals surface area contributed by atoms with E-state index in [1.54, 1.807) is 0 Å². The zero-order chi connectivity index (χ0) is 13.3. The van der Waals surface area contributed by atoms with Crippen LogP contribution < -0.4 is 0 Å². The van der Waals surface area contributed by atoms with Crippen LogP contribution in [0.4, 0.5) is 0 Å². The number of hydrogen-bond donors (Lipinski definition) is 0. The molecule has 0 atom stereocenters. The van der Waals surface area contributed by atoms with Crippen LogP contribution in [0.25, 0.3) is 11.1 Å². The first-order valence-corrected chi connectivity index (χ1v) is 6.67. The van der Waals surface area contributed by atoms with Crippen LogP contribution in [0.3, 0.4) is 0 Å². The molecular weight excluding hydrogens is 216 g/mol. The van der Waals surface area contributed by atoms with Crippen LogP contribution in [0.15, 0.2) is 36.4 Å². The minimum atomic E-state index is 0.580. The zero-order valence-electron chi connectivity index (χ0n) is 12.0. The minimum Gasteiger partial charge on any atom is -0.0614 e. The van der Waals surface area contributed by atoms with Crippen LogP contribution in [-0.4, -0.2) is 0 Å². The van der Waals surface area contributed by atoms with Crippen LogP contribution in [0.2, 0.25) is 0 Å². The van der Waals surface area contributed by atoms with Gasteiger partial charge in [0.15, 0.2) is 0 Å². The number of benzene rings is 2. The van der Waals surface area contributed by atoms with E-state index in [0.29, 0.717) is 5.92 Å². The molecular formula is C18H22. The fourth-order valence-electron chi connectivity index (χ4n) is 2.69. The lowest BCUT2D eigenvalue weighted by atomic mass is 9.91. The highest BCUT2D eigenvalue weighted by atomic mass is 14.1. The molecule has 0 N–H and O–H groups in total. The standard InChI is InChI=1S/C18H22/c1-12(2)16-7-6-8-17(11-16)18-14(4)9-13(3)10-15(18)5/h6-12H,1-5H3. The van der Waals surface area contributed by atoms with Gasteiger partial charge in [-0.2, -0.15) is 0 Å². The van der Waals surface area contributed by atoms with Gasteiger partial charge in [0.25, 0.3) is 0 Å². The number of rotatable bonds is 2. The van der Waals surface area contributed by atoms with Gasteiger partial charge in [-0.3, -0.25) is 0 Å². The summed E-state index contributed by atoms with van der Waals surface area (Å²) < 4.78 is 0. The fourth-order valence-corrected chi connectivity index (χ4v) is 2.69. The van der Waals surface area contributed by atoms with Crippen LogP contribution >= 0.6 is 0 Å². The summed E-state index contributed by atoms with van der Waals surface area (Å²) in [7, 11) is 0. The van der Waals surface area contributed by atoms with Crippen molar-refractivity contribution in [3.05, 3.63) is 58.7 Å². The monoisotopic (exact) mass is 238 g/mol. The van der Waals surface area contributed by atoms with Gasteiger partial charge >= 0.3 is 0 Å². The molecule has 2 rings (SSSR count). The van der Waals surface area contributed by atoms with Gasteiger partial charge in [-0.25, -0.2) is 0 Å². The molecule has 0 aliphatic heterocycles. The molecule has 0 radical (unpaired) electrons. The van der Waals surface area contributed by atoms with Crippen molar-refractivity contribution in [1.82, 2.24) is 0 Å². The average Bonchev–Trinajstić information content (AvgIpc) is 2.28. The molecule has 0 aromatic heterocycles. The lowest BCUT2D eigenvalue weighted by molar-refractivity contribution is 0.867. The zero-order valence-corrected chi connectivity index (χ0v) is 12.0. The summed E-state index contributed by atoms with van der Waals surface area (Å²) in [4.78, 5) is 0. The minimum absolute atomic E-state index is 0.580. The SMILES string of the molecule is Cc1cc(C)c(-c2cccc(C(C)C)c2)c(C)c1. The van der Waals surface area contributed by atoms with Crippen molar-refractivity contribution in [2.45, 2.75) is 40.5 Å². The molecule has 0 saturated heterocycles. The van der Waals surface area contributed by atoms with E-state index in [1.807, 2.05) is 0 Å². The summed E-state index contributed by atoms with van der Waals surface area (Å²) in [6.45, 7) is 11.1. The molecule has 18 heavy (non-hydrogen) atoms. The van der Waals surface area contributed by atoms with E-state index in [4.69, 9.17) is 0 Å². The Balaban J connectivity index is 2.59. The Morgan fingerprint density at radius 3 is 2.00 bits per heavy atom. The molecule has 0 heteroatoms. The highest BCUT2D eigenvalue weighted by molar-refractivity contribution is 5.71. The highest BCUT2D eigenvalue weighted by Crippen LogP contribution is 2.30. The Hall–Kier alpha value is -1.56. The van der Waals surface area contributed by atoms with Crippen molar-refractivity contribution in [2.75, 3.05) is 0 Å². The van der Waals surface area contributed by atoms with Gasteiger partial charge < -0.3 is 0 Å². The molecule has 0 aliphatic carbocycles. The number of aryl methyl sites for hydroxylation is 3. The maximum atomic E-state index is 2.33. The maximum absolute atomic E-state index is 2.33. The highest BCUT2D eigenvalue weighted by Gasteiger charge is 2.08. The molecule has 0 heterocycles. The van der Waals surface area contributed by atoms with Crippen LogP contribution in [0.5, 0.6) is 0 Å². The Morgan fingerprint density at radius 1 is 0.833 bits per heavy atom. The van der Waals surface area contributed by atoms with E-state index in [9.17, 15) is 0 Å². The van der Waals surface area contributed by atoms with Crippen molar-refractivity contribution < 1.29 is 0 Å². The van der Waals surface area contributed by atoms with E-state index >= 15 is 0 Å². The molecule has 2 aromatic carbocycles. The first-order valence-electron chi connectivity index (χ1n) is 6.67. The Labute approximate surface area is 111 Å². The molecule has 0 bridgehead atoms. The van der Waals surface area contributed by atoms with Gasteiger partial charge in [0.1, 0.15) is 0 Å². The van der Waals surface area contributed by atoms with E-state index in [0.717, 1.165) is 0 Å². The van der Waals surface area contributed by atoms with Crippen LogP contribution in [0, 0.1) is 20.8 Å². The van der Waals surface area contributed by atoms with Gasteiger partial charge in [-0.05, 0) is 54.5 Å². The molecule has 2 aromatic rings. The van der Waals surface area contributed by atoms with Crippen molar-refractivity contribution >= 4 is 0 Å². The molecule has 0 spiro atoms. The number of hydrogen-bond acceptors (Lipinski definition) is 0. The summed E-state index contributed by atoms with van der Waals surface area (Å²) >= 11 is 0. The van der Waals surface area contributed by atoms with Crippen molar-refractivity contribution in [2.24, 2.45) is 0 Å². The third-order valence-corrected chi connectivity index (χ3v) is 3.52. The van der Waals surface area contributed by atoms with Gasteiger partial charge in [0, 0.05) is 0 Å². The third kappa shape index (κ3) is 2.48. The van der Waals surface area contributed by atoms with Crippen molar-refractivity contribution in [3.8, 4) is 11.1 Å². The van der Waals surface area contributed by atoms with Gasteiger partial charge in [-0.1, -0.05) is 55.8 Å². The predicted octanol–water partition coefficient (Wildman–Crippen LogP) is 5.40. The first kappa shape index (κ1) is 12.9. The Morgan fingerprint density at radius 2 is 1.44 bits per heavy atom. The molecule has 0 amide bonds. The maximum Gasteiger partial charge on any atom is -0.0125 e. The molecule has 0 fully saturated rings. The summed E-state index contributed by atoms with van der Waals surface area (Å²) in [5.74, 6) is 0.580. The van der Waals surface area contributed by atoms with Gasteiger partial charge in [0.2, 0.25) is 0 Å². The molecule has 0 saturated carbocycles. The Kier molecular flexibility index (Phi) is 3.56. The third-order valence-electron chi connectivity index (χ3n) is 3.52. The summed E-state index contributed by atoms with van der Waals surface area (Å²) in [5.41, 5.74) is 8.22. The smallest absolute Gasteiger partial charge is 0.0125 e. The predicted molar refractivity (Wildman–Crippen MR) is 80.2 cm³/mol. The van der Waals surface area contributed by atoms with E-state index in [-0.39, 0.29) is 0 Å². The first-order chi connectivity index (χ1) is 8.49. The second-order valence-corrected chi connectivity index (χ2v) is 5.55. The van der Waals surface area contributed by atoms with Crippen LogP contribution in [0.1, 0.15) is 42.0 Å². The van der Waals surface area contributed by atoms with Crippen molar-refractivity contribution in [3.63, 3.8) is 0 Å². The van der Waals surface area contributed by atoms with Crippen molar-refractivity contribution in [1.29, 1.82) is 0 Å².